The second kappa shape index (κ2) is 6.79. The number of rotatable bonds is 6. The van der Waals surface area contributed by atoms with Crippen LogP contribution in [0.5, 0.6) is 5.75 Å². The molecule has 0 spiro atoms. The van der Waals surface area contributed by atoms with Crippen LogP contribution in [0.3, 0.4) is 0 Å². The molecule has 112 valence electrons. The van der Waals surface area contributed by atoms with Crippen LogP contribution in [0.15, 0.2) is 24.3 Å². The van der Waals surface area contributed by atoms with Crippen molar-refractivity contribution in [1.82, 2.24) is 0 Å². The van der Waals surface area contributed by atoms with Crippen molar-refractivity contribution in [3.63, 3.8) is 0 Å². The number of alkyl halides is 1. The van der Waals surface area contributed by atoms with Crippen LogP contribution in [0, 0.1) is 0 Å². The molecule has 2 rings (SSSR count). The van der Waals surface area contributed by atoms with Crippen molar-refractivity contribution in [3.8, 4) is 5.75 Å². The van der Waals surface area contributed by atoms with Gasteiger partial charge in [0.2, 0.25) is 0 Å². The summed E-state index contributed by atoms with van der Waals surface area (Å²) in [7, 11) is 0. The molecule has 1 fully saturated rings. The Morgan fingerprint density at radius 3 is 2.25 bits per heavy atom. The average molecular weight is 299 g/mol. The quantitative estimate of drug-likeness (QED) is 0.741. The van der Waals surface area contributed by atoms with Gasteiger partial charge in [-0.1, -0.05) is 6.92 Å². The first kappa shape index (κ1) is 15.6. The van der Waals surface area contributed by atoms with Crippen molar-refractivity contribution in [2.75, 3.05) is 12.5 Å². The predicted molar refractivity (Wildman–Crippen MR) is 80.3 cm³/mol. The molecule has 3 nitrogen and oxygen atoms in total. The Labute approximate surface area is 126 Å². The summed E-state index contributed by atoms with van der Waals surface area (Å²) >= 11 is 5.93. The summed E-state index contributed by atoms with van der Waals surface area (Å²) in [5.74, 6) is 0.646. The van der Waals surface area contributed by atoms with Gasteiger partial charge in [0.05, 0.1) is 18.8 Å². The molecule has 1 heterocycles. The Bertz CT molecular complexity index is 408. The van der Waals surface area contributed by atoms with E-state index in [1.807, 2.05) is 38.1 Å². The van der Waals surface area contributed by atoms with Gasteiger partial charge in [0.1, 0.15) is 5.75 Å². The van der Waals surface area contributed by atoms with Gasteiger partial charge >= 0.3 is 0 Å². The molecule has 0 aromatic heterocycles. The van der Waals surface area contributed by atoms with Gasteiger partial charge in [0.15, 0.2) is 5.79 Å². The van der Waals surface area contributed by atoms with Gasteiger partial charge in [0, 0.05) is 17.9 Å². The highest BCUT2D eigenvalue weighted by molar-refractivity contribution is 6.17. The van der Waals surface area contributed by atoms with Gasteiger partial charge in [0.25, 0.3) is 0 Å². The van der Waals surface area contributed by atoms with E-state index in [4.69, 9.17) is 25.8 Å². The maximum Gasteiger partial charge on any atom is 0.196 e. The topological polar surface area (TPSA) is 27.7 Å². The molecule has 20 heavy (non-hydrogen) atoms. The number of hydrogen-bond donors (Lipinski definition) is 0. The van der Waals surface area contributed by atoms with Crippen LogP contribution in [0.2, 0.25) is 0 Å². The maximum absolute atomic E-state index is 6.06. The summed E-state index contributed by atoms with van der Waals surface area (Å²) in [5.41, 5.74) is 0.998. The third kappa shape index (κ3) is 3.27. The number of ether oxygens (including phenoxy) is 3. The third-order valence-electron chi connectivity index (χ3n) is 3.60. The third-order valence-corrected chi connectivity index (χ3v) is 3.79. The van der Waals surface area contributed by atoms with Gasteiger partial charge in [-0.2, -0.15) is 0 Å². The zero-order valence-corrected chi connectivity index (χ0v) is 13.2. The van der Waals surface area contributed by atoms with E-state index in [9.17, 15) is 0 Å². The van der Waals surface area contributed by atoms with E-state index < -0.39 is 5.79 Å². The summed E-state index contributed by atoms with van der Waals surface area (Å²) in [6, 6.07) is 7.92. The largest absolute Gasteiger partial charge is 0.494 e. The minimum Gasteiger partial charge on any atom is -0.494 e. The second-order valence-electron chi connectivity index (χ2n) is 5.21. The van der Waals surface area contributed by atoms with Crippen molar-refractivity contribution < 1.29 is 14.2 Å². The fourth-order valence-electron chi connectivity index (χ4n) is 2.37. The molecule has 2 unspecified atom stereocenters. The Hall–Kier alpha value is -0.770. The molecule has 1 aromatic carbocycles. The first-order chi connectivity index (χ1) is 9.61. The molecule has 0 aliphatic carbocycles. The van der Waals surface area contributed by atoms with Crippen LogP contribution >= 0.6 is 11.6 Å². The molecule has 2 atom stereocenters. The lowest BCUT2D eigenvalue weighted by Gasteiger charge is -2.28. The van der Waals surface area contributed by atoms with Gasteiger partial charge in [-0.15, -0.1) is 11.6 Å². The smallest absolute Gasteiger partial charge is 0.196 e. The molecular formula is C16H23ClO3. The van der Waals surface area contributed by atoms with E-state index in [1.165, 1.54) is 0 Å². The van der Waals surface area contributed by atoms with E-state index in [2.05, 4.69) is 6.92 Å². The lowest BCUT2D eigenvalue weighted by molar-refractivity contribution is -0.183. The van der Waals surface area contributed by atoms with Crippen molar-refractivity contribution in [3.05, 3.63) is 29.8 Å². The SMILES string of the molecule is CCCOc1ccc(C2(CCCl)OC(C)C(C)O2)cc1. The highest BCUT2D eigenvalue weighted by Gasteiger charge is 2.44. The van der Waals surface area contributed by atoms with E-state index in [0.717, 1.165) is 24.3 Å². The van der Waals surface area contributed by atoms with E-state index in [-0.39, 0.29) is 12.2 Å². The molecule has 1 aliphatic rings. The van der Waals surface area contributed by atoms with Gasteiger partial charge in [-0.05, 0) is 44.5 Å². The van der Waals surface area contributed by atoms with E-state index >= 15 is 0 Å². The van der Waals surface area contributed by atoms with Crippen LogP contribution < -0.4 is 4.74 Å². The van der Waals surface area contributed by atoms with Crippen LogP contribution in [0.25, 0.3) is 0 Å². The second-order valence-corrected chi connectivity index (χ2v) is 5.59. The number of hydrogen-bond acceptors (Lipinski definition) is 3. The van der Waals surface area contributed by atoms with Crippen molar-refractivity contribution in [2.45, 2.75) is 51.6 Å². The van der Waals surface area contributed by atoms with Crippen molar-refractivity contribution >= 4 is 11.6 Å². The summed E-state index contributed by atoms with van der Waals surface area (Å²) < 4.78 is 17.7. The molecule has 1 aliphatic heterocycles. The lowest BCUT2D eigenvalue weighted by Crippen LogP contribution is -2.28. The summed E-state index contributed by atoms with van der Waals surface area (Å²) in [6.45, 7) is 6.87. The Morgan fingerprint density at radius 2 is 1.75 bits per heavy atom. The molecule has 0 N–H and O–H groups in total. The van der Waals surface area contributed by atoms with Gasteiger partial charge in [-0.3, -0.25) is 0 Å². The van der Waals surface area contributed by atoms with Crippen LogP contribution in [-0.2, 0) is 15.3 Å². The Morgan fingerprint density at radius 1 is 1.15 bits per heavy atom. The first-order valence-electron chi connectivity index (χ1n) is 7.26. The zero-order chi connectivity index (χ0) is 14.6. The standard InChI is InChI=1S/C16H23ClO3/c1-4-11-18-15-7-5-14(6-8-15)16(9-10-17)19-12(2)13(3)20-16/h5-8,12-13H,4,9-11H2,1-3H3. The van der Waals surface area contributed by atoms with Gasteiger partial charge in [-0.25, -0.2) is 0 Å². The highest BCUT2D eigenvalue weighted by atomic mass is 35.5. The van der Waals surface area contributed by atoms with Crippen LogP contribution in [0.1, 0.15) is 39.2 Å². The minimum atomic E-state index is -0.718. The van der Waals surface area contributed by atoms with Crippen LogP contribution in [0.4, 0.5) is 0 Å². The number of halogens is 1. The lowest BCUT2D eigenvalue weighted by atomic mass is 10.0. The normalized spacial score (nSPS) is 29.6. The molecule has 4 heteroatoms. The van der Waals surface area contributed by atoms with E-state index in [0.29, 0.717) is 12.3 Å². The number of benzene rings is 1. The molecule has 0 saturated carbocycles. The summed E-state index contributed by atoms with van der Waals surface area (Å²) in [6.07, 6.45) is 1.76. The van der Waals surface area contributed by atoms with E-state index in [1.54, 1.807) is 0 Å². The van der Waals surface area contributed by atoms with Gasteiger partial charge < -0.3 is 14.2 Å². The molecule has 0 radical (unpaired) electrons. The molecule has 1 aromatic rings. The first-order valence-corrected chi connectivity index (χ1v) is 7.79. The fraction of sp³-hybridized carbons (Fsp3) is 0.625. The predicted octanol–water partition coefficient (Wildman–Crippen LogP) is 4.08. The van der Waals surface area contributed by atoms with Crippen molar-refractivity contribution in [1.29, 1.82) is 0 Å². The maximum atomic E-state index is 6.06. The Kier molecular flexibility index (Phi) is 5.30. The average Bonchev–Trinajstić information content (AvgIpc) is 2.73. The Balaban J connectivity index is 2.18. The summed E-state index contributed by atoms with van der Waals surface area (Å²) in [5, 5.41) is 0. The van der Waals surface area contributed by atoms with Crippen molar-refractivity contribution in [2.24, 2.45) is 0 Å². The van der Waals surface area contributed by atoms with Crippen LogP contribution in [-0.4, -0.2) is 24.7 Å². The molecule has 0 bridgehead atoms. The fourth-order valence-corrected chi connectivity index (χ4v) is 2.62. The molecule has 1 saturated heterocycles. The highest BCUT2D eigenvalue weighted by Crippen LogP contribution is 2.41. The monoisotopic (exact) mass is 298 g/mol. The minimum absolute atomic E-state index is 0.0641. The zero-order valence-electron chi connectivity index (χ0n) is 12.4. The molecule has 0 amide bonds. The summed E-state index contributed by atoms with van der Waals surface area (Å²) in [4.78, 5) is 0. The molecular weight excluding hydrogens is 276 g/mol.